The number of carbonyl (C=O) groups excluding carboxylic acids is 1. The summed E-state index contributed by atoms with van der Waals surface area (Å²) in [5.74, 6) is 1.23. The number of amides is 1. The minimum absolute atomic E-state index is 0.253. The first kappa shape index (κ1) is 24.8. The summed E-state index contributed by atoms with van der Waals surface area (Å²) in [6, 6.07) is 14.2. The number of carbonyl (C=O) groups is 1. The van der Waals surface area contributed by atoms with Crippen molar-refractivity contribution in [2.45, 2.75) is 12.5 Å². The molecule has 1 aliphatic rings. The first-order chi connectivity index (χ1) is 17.4. The van der Waals surface area contributed by atoms with Gasteiger partial charge in [0.2, 0.25) is 5.75 Å². The quantitative estimate of drug-likeness (QED) is 0.445. The lowest BCUT2D eigenvalue weighted by atomic mass is 9.97. The lowest BCUT2D eigenvalue weighted by molar-refractivity contribution is 0.0708. The average molecular weight is 495 g/mol. The molecule has 1 aliphatic heterocycles. The predicted molar refractivity (Wildman–Crippen MR) is 132 cm³/mol. The zero-order chi connectivity index (χ0) is 25.8. The van der Waals surface area contributed by atoms with Crippen LogP contribution in [0.1, 0.15) is 33.9 Å². The van der Waals surface area contributed by atoms with Crippen LogP contribution in [0.4, 0.5) is 4.39 Å². The molecule has 0 bridgehead atoms. The average Bonchev–Trinajstić information content (AvgIpc) is 3.36. The highest BCUT2D eigenvalue weighted by molar-refractivity contribution is 6.05. The van der Waals surface area contributed by atoms with Crippen molar-refractivity contribution in [2.24, 2.45) is 5.10 Å². The standard InChI is InChI=1S/C27H27FN2O6/c1-32-22-11-10-16(12-23(22)33-2)20-15-21(18-8-6-7-9-19(18)28)30(29-20)27(31)17-13-24(34-3)26(36-5)25(14-17)35-4/h6-14,21H,15H2,1-5H3/t21-/m1/s1. The highest BCUT2D eigenvalue weighted by atomic mass is 19.1. The topological polar surface area (TPSA) is 78.8 Å². The van der Waals surface area contributed by atoms with E-state index in [2.05, 4.69) is 5.10 Å². The molecule has 36 heavy (non-hydrogen) atoms. The summed E-state index contributed by atoms with van der Waals surface area (Å²) in [5, 5.41) is 5.94. The van der Waals surface area contributed by atoms with E-state index in [9.17, 15) is 9.18 Å². The summed E-state index contributed by atoms with van der Waals surface area (Å²) < 4.78 is 41.8. The van der Waals surface area contributed by atoms with E-state index in [0.29, 0.717) is 46.4 Å². The Balaban J connectivity index is 1.81. The Kier molecular flexibility index (Phi) is 7.28. The monoisotopic (exact) mass is 494 g/mol. The van der Waals surface area contributed by atoms with Crippen LogP contribution in [0.5, 0.6) is 28.7 Å². The summed E-state index contributed by atoms with van der Waals surface area (Å²) in [4.78, 5) is 13.8. The molecule has 4 rings (SSSR count). The fraction of sp³-hybridized carbons (Fsp3) is 0.259. The first-order valence-electron chi connectivity index (χ1n) is 11.1. The molecule has 0 saturated heterocycles. The van der Waals surface area contributed by atoms with Gasteiger partial charge in [0.1, 0.15) is 5.82 Å². The summed E-state index contributed by atoms with van der Waals surface area (Å²) in [6.07, 6.45) is 0.298. The number of hydrazone groups is 1. The maximum absolute atomic E-state index is 14.9. The Morgan fingerprint density at radius 2 is 1.47 bits per heavy atom. The Labute approximate surface area is 208 Å². The van der Waals surface area contributed by atoms with E-state index in [0.717, 1.165) is 5.56 Å². The van der Waals surface area contributed by atoms with Crippen molar-refractivity contribution in [1.82, 2.24) is 5.01 Å². The molecular weight excluding hydrogens is 467 g/mol. The van der Waals surface area contributed by atoms with Gasteiger partial charge in [0.05, 0.1) is 47.3 Å². The lowest BCUT2D eigenvalue weighted by Gasteiger charge is -2.23. The van der Waals surface area contributed by atoms with E-state index in [1.807, 2.05) is 6.07 Å². The van der Waals surface area contributed by atoms with Crippen LogP contribution < -0.4 is 23.7 Å². The Morgan fingerprint density at radius 3 is 2.06 bits per heavy atom. The van der Waals surface area contributed by atoms with Crippen LogP contribution in [0.15, 0.2) is 59.7 Å². The van der Waals surface area contributed by atoms with E-state index >= 15 is 0 Å². The third-order valence-electron chi connectivity index (χ3n) is 6.01. The van der Waals surface area contributed by atoms with Gasteiger partial charge in [-0.15, -0.1) is 0 Å². The van der Waals surface area contributed by atoms with Gasteiger partial charge in [0.15, 0.2) is 23.0 Å². The van der Waals surface area contributed by atoms with Crippen molar-refractivity contribution >= 4 is 11.6 Å². The highest BCUT2D eigenvalue weighted by Crippen LogP contribution is 2.41. The number of hydrogen-bond acceptors (Lipinski definition) is 7. The molecule has 9 heteroatoms. The minimum Gasteiger partial charge on any atom is -0.493 e. The molecule has 3 aromatic carbocycles. The van der Waals surface area contributed by atoms with E-state index in [-0.39, 0.29) is 5.56 Å². The molecule has 0 radical (unpaired) electrons. The van der Waals surface area contributed by atoms with Crippen LogP contribution in [0, 0.1) is 5.82 Å². The number of rotatable bonds is 8. The van der Waals surface area contributed by atoms with E-state index in [4.69, 9.17) is 23.7 Å². The number of nitrogens with zero attached hydrogens (tertiary/aromatic N) is 2. The van der Waals surface area contributed by atoms with E-state index in [1.54, 1.807) is 56.7 Å². The molecular formula is C27H27FN2O6. The second-order valence-electron chi connectivity index (χ2n) is 7.92. The molecule has 1 atom stereocenters. The van der Waals surface area contributed by atoms with Gasteiger partial charge >= 0.3 is 0 Å². The van der Waals surface area contributed by atoms with Crippen molar-refractivity contribution in [3.63, 3.8) is 0 Å². The van der Waals surface area contributed by atoms with E-state index in [1.165, 1.54) is 32.4 Å². The van der Waals surface area contributed by atoms with Gasteiger partial charge in [-0.3, -0.25) is 4.79 Å². The number of halogens is 1. The molecule has 1 amide bonds. The molecule has 188 valence electrons. The van der Waals surface area contributed by atoms with Crippen molar-refractivity contribution in [3.05, 3.63) is 77.1 Å². The molecule has 0 aromatic heterocycles. The van der Waals surface area contributed by atoms with Gasteiger partial charge in [0, 0.05) is 23.1 Å². The molecule has 8 nitrogen and oxygen atoms in total. The largest absolute Gasteiger partial charge is 0.493 e. The molecule has 0 unspecified atom stereocenters. The second-order valence-corrected chi connectivity index (χ2v) is 7.92. The minimum atomic E-state index is -0.666. The van der Waals surface area contributed by atoms with E-state index < -0.39 is 17.8 Å². The molecule has 0 saturated carbocycles. The number of hydrogen-bond donors (Lipinski definition) is 0. The zero-order valence-corrected chi connectivity index (χ0v) is 20.7. The summed E-state index contributed by atoms with van der Waals surface area (Å²) >= 11 is 0. The second kappa shape index (κ2) is 10.6. The molecule has 0 N–H and O–H groups in total. The van der Waals surface area contributed by atoms with Crippen LogP contribution in [0.25, 0.3) is 0 Å². The normalized spacial score (nSPS) is 14.8. The van der Waals surface area contributed by atoms with Crippen LogP contribution in [-0.2, 0) is 0 Å². The Hall–Kier alpha value is -4.27. The fourth-order valence-electron chi connectivity index (χ4n) is 4.21. The van der Waals surface area contributed by atoms with Crippen molar-refractivity contribution in [1.29, 1.82) is 0 Å². The molecule has 0 fully saturated rings. The number of benzene rings is 3. The zero-order valence-electron chi connectivity index (χ0n) is 20.7. The molecule has 3 aromatic rings. The van der Waals surface area contributed by atoms with Crippen LogP contribution >= 0.6 is 0 Å². The maximum atomic E-state index is 14.9. The third kappa shape index (κ3) is 4.51. The third-order valence-corrected chi connectivity index (χ3v) is 6.01. The van der Waals surface area contributed by atoms with Crippen LogP contribution in [-0.4, -0.2) is 52.2 Å². The van der Waals surface area contributed by atoms with Crippen molar-refractivity contribution in [3.8, 4) is 28.7 Å². The summed E-state index contributed by atoms with van der Waals surface area (Å²) in [5.41, 5.74) is 1.94. The van der Waals surface area contributed by atoms with Gasteiger partial charge in [-0.25, -0.2) is 9.40 Å². The van der Waals surface area contributed by atoms with Gasteiger partial charge in [-0.2, -0.15) is 5.10 Å². The van der Waals surface area contributed by atoms with Gasteiger partial charge in [0.25, 0.3) is 5.91 Å². The maximum Gasteiger partial charge on any atom is 0.274 e. The Bertz CT molecular complexity index is 1280. The predicted octanol–water partition coefficient (Wildman–Crippen LogP) is 4.86. The summed E-state index contributed by atoms with van der Waals surface area (Å²) in [6.45, 7) is 0. The van der Waals surface area contributed by atoms with Crippen molar-refractivity contribution < 1.29 is 32.9 Å². The summed E-state index contributed by atoms with van der Waals surface area (Å²) in [7, 11) is 7.52. The van der Waals surface area contributed by atoms with Gasteiger partial charge in [-0.1, -0.05) is 18.2 Å². The first-order valence-corrected chi connectivity index (χ1v) is 11.1. The lowest BCUT2D eigenvalue weighted by Crippen LogP contribution is -2.27. The number of ether oxygens (including phenoxy) is 5. The molecule has 0 spiro atoms. The highest BCUT2D eigenvalue weighted by Gasteiger charge is 2.36. The smallest absolute Gasteiger partial charge is 0.274 e. The molecule has 0 aliphatic carbocycles. The van der Waals surface area contributed by atoms with Crippen LogP contribution in [0.2, 0.25) is 0 Å². The van der Waals surface area contributed by atoms with Gasteiger partial charge < -0.3 is 23.7 Å². The van der Waals surface area contributed by atoms with Gasteiger partial charge in [-0.05, 0) is 36.4 Å². The number of methoxy groups -OCH3 is 5. The Morgan fingerprint density at radius 1 is 0.833 bits per heavy atom. The van der Waals surface area contributed by atoms with Crippen molar-refractivity contribution in [2.75, 3.05) is 35.5 Å². The van der Waals surface area contributed by atoms with Crippen LogP contribution in [0.3, 0.4) is 0 Å². The molecule has 1 heterocycles. The fourth-order valence-corrected chi connectivity index (χ4v) is 4.21. The SMILES string of the molecule is COc1ccc(C2=NN(C(=O)c3cc(OC)c(OC)c(OC)c3)[C@@H](c3ccccc3F)C2)cc1OC.